The summed E-state index contributed by atoms with van der Waals surface area (Å²) in [6.07, 6.45) is 5.16. The van der Waals surface area contributed by atoms with Gasteiger partial charge in [0.1, 0.15) is 5.75 Å². The maximum atomic E-state index is 12.2. The van der Waals surface area contributed by atoms with Gasteiger partial charge in [0.05, 0.1) is 30.3 Å². The fourth-order valence-electron chi connectivity index (χ4n) is 4.03. The molecule has 5 nitrogen and oxygen atoms in total. The molecule has 1 heterocycles. The van der Waals surface area contributed by atoms with Gasteiger partial charge in [-0.2, -0.15) is 5.10 Å². The van der Waals surface area contributed by atoms with Gasteiger partial charge in [-0.3, -0.25) is 4.79 Å². The first-order valence-corrected chi connectivity index (χ1v) is 10.9. The number of hydrogen-bond acceptors (Lipinski definition) is 4. The Bertz CT molecular complexity index is 1030. The number of amides is 1. The smallest absolute Gasteiger partial charge is 0.244 e. The monoisotopic (exact) mass is 439 g/mol. The Morgan fingerprint density at radius 3 is 2.77 bits per heavy atom. The molecule has 164 valence electrons. The van der Waals surface area contributed by atoms with E-state index in [4.69, 9.17) is 16.3 Å². The van der Waals surface area contributed by atoms with Crippen molar-refractivity contribution in [2.45, 2.75) is 46.1 Å². The van der Waals surface area contributed by atoms with Crippen LogP contribution in [-0.2, 0) is 11.2 Å². The zero-order valence-electron chi connectivity index (χ0n) is 18.8. The van der Waals surface area contributed by atoms with Gasteiger partial charge in [-0.15, -0.1) is 0 Å². The Balaban J connectivity index is 1.76. The lowest BCUT2D eigenvalue weighted by Crippen LogP contribution is -2.45. The van der Waals surface area contributed by atoms with Crippen molar-refractivity contribution >= 4 is 35.0 Å². The molecule has 1 aliphatic rings. The highest BCUT2D eigenvalue weighted by Crippen LogP contribution is 2.41. The molecule has 0 radical (unpaired) electrons. The normalized spacial score (nSPS) is 14.9. The summed E-state index contributed by atoms with van der Waals surface area (Å²) in [6, 6.07) is 11.5. The molecule has 1 N–H and O–H groups in total. The number of methoxy groups -OCH3 is 1. The van der Waals surface area contributed by atoms with Crippen LogP contribution in [0.3, 0.4) is 0 Å². The van der Waals surface area contributed by atoms with Gasteiger partial charge < -0.3 is 9.64 Å². The van der Waals surface area contributed by atoms with Crippen LogP contribution in [-0.4, -0.2) is 31.3 Å². The second-order valence-corrected chi connectivity index (χ2v) is 8.75. The molecule has 0 atom stereocenters. The first kappa shape index (κ1) is 22.9. The molecule has 1 amide bonds. The second kappa shape index (κ2) is 9.56. The van der Waals surface area contributed by atoms with Crippen molar-refractivity contribution in [2.24, 2.45) is 5.10 Å². The zero-order chi connectivity index (χ0) is 22.6. The highest BCUT2D eigenvalue weighted by molar-refractivity contribution is 6.33. The lowest BCUT2D eigenvalue weighted by Gasteiger charge is -2.43. The van der Waals surface area contributed by atoms with Crippen LogP contribution in [0.1, 0.15) is 50.8 Å². The van der Waals surface area contributed by atoms with Crippen molar-refractivity contribution in [2.75, 3.05) is 18.6 Å². The van der Waals surface area contributed by atoms with Crippen molar-refractivity contribution in [3.63, 3.8) is 0 Å². The summed E-state index contributed by atoms with van der Waals surface area (Å²) in [7, 11) is 1.60. The maximum absolute atomic E-state index is 12.2. The summed E-state index contributed by atoms with van der Waals surface area (Å²) in [6.45, 7) is 9.69. The number of carbonyl (C=O) groups is 1. The predicted octanol–water partition coefficient (Wildman–Crippen LogP) is 5.45. The third-order valence-electron chi connectivity index (χ3n) is 5.43. The molecular formula is C25H30ClN3O2. The van der Waals surface area contributed by atoms with E-state index in [1.54, 1.807) is 13.3 Å². The van der Waals surface area contributed by atoms with Crippen LogP contribution in [0.25, 0.3) is 5.57 Å². The molecule has 31 heavy (non-hydrogen) atoms. The van der Waals surface area contributed by atoms with Crippen LogP contribution >= 0.6 is 11.6 Å². The number of nitrogens with zero attached hydrogens (tertiary/aromatic N) is 2. The van der Waals surface area contributed by atoms with Gasteiger partial charge in [0.25, 0.3) is 0 Å². The van der Waals surface area contributed by atoms with E-state index >= 15 is 0 Å². The molecule has 1 aliphatic heterocycles. The van der Waals surface area contributed by atoms with Gasteiger partial charge in [-0.05, 0) is 62.6 Å². The number of ether oxygens (including phenoxy) is 1. The van der Waals surface area contributed by atoms with E-state index in [9.17, 15) is 4.79 Å². The first-order valence-electron chi connectivity index (χ1n) is 10.5. The van der Waals surface area contributed by atoms with Crippen LogP contribution in [0.5, 0.6) is 5.75 Å². The molecule has 2 aromatic rings. The largest absolute Gasteiger partial charge is 0.497 e. The fraction of sp³-hybridized carbons (Fsp3) is 0.360. The lowest BCUT2D eigenvalue weighted by molar-refractivity contribution is -0.120. The maximum Gasteiger partial charge on any atom is 0.244 e. The molecule has 0 saturated heterocycles. The number of allylic oxidation sites excluding steroid dienone is 1. The third-order valence-corrected chi connectivity index (χ3v) is 5.76. The topological polar surface area (TPSA) is 53.9 Å². The number of halogens is 1. The summed E-state index contributed by atoms with van der Waals surface area (Å²) in [5.41, 5.74) is 7.63. The number of benzene rings is 2. The van der Waals surface area contributed by atoms with Crippen molar-refractivity contribution in [1.29, 1.82) is 0 Å². The van der Waals surface area contributed by atoms with Crippen molar-refractivity contribution in [3.8, 4) is 5.75 Å². The Labute approximate surface area is 189 Å². The van der Waals surface area contributed by atoms with Crippen LogP contribution in [0.2, 0.25) is 5.02 Å². The molecule has 0 fully saturated rings. The van der Waals surface area contributed by atoms with Gasteiger partial charge >= 0.3 is 0 Å². The molecular weight excluding hydrogens is 410 g/mol. The number of carbonyl (C=O) groups excluding carboxylic acids is 1. The molecule has 0 saturated carbocycles. The van der Waals surface area contributed by atoms with Crippen LogP contribution in [0, 0.1) is 0 Å². The number of hydrazone groups is 1. The molecule has 0 unspecified atom stereocenters. The summed E-state index contributed by atoms with van der Waals surface area (Å²) in [5, 5.41) is 4.73. The van der Waals surface area contributed by atoms with E-state index in [0.29, 0.717) is 5.02 Å². The average molecular weight is 440 g/mol. The second-order valence-electron chi connectivity index (χ2n) is 8.35. The predicted molar refractivity (Wildman–Crippen MR) is 129 cm³/mol. The van der Waals surface area contributed by atoms with Gasteiger partial charge in [-0.25, -0.2) is 5.43 Å². The Kier molecular flexibility index (Phi) is 7.06. The Morgan fingerprint density at radius 2 is 2.06 bits per heavy atom. The summed E-state index contributed by atoms with van der Waals surface area (Å²) in [5.74, 6) is 0.517. The summed E-state index contributed by atoms with van der Waals surface area (Å²) in [4.78, 5) is 14.6. The molecule has 6 heteroatoms. The Hall–Kier alpha value is -2.79. The molecule has 0 aromatic heterocycles. The number of nitrogens with one attached hydrogen (secondary N) is 1. The minimum Gasteiger partial charge on any atom is -0.497 e. The SMILES string of the molecule is CCCN1c2cc(Cl)c(/C=N/NC(=O)Cc3cccc(OC)c3)cc2C(C)=CC1(C)C. The number of anilines is 1. The van der Waals surface area contributed by atoms with Gasteiger partial charge in [0.2, 0.25) is 5.91 Å². The van der Waals surface area contributed by atoms with Crippen molar-refractivity contribution in [1.82, 2.24) is 5.43 Å². The Morgan fingerprint density at radius 1 is 1.29 bits per heavy atom. The van der Waals surface area contributed by atoms with Gasteiger partial charge in [0, 0.05) is 23.4 Å². The molecule has 0 bridgehead atoms. The first-order chi connectivity index (χ1) is 14.7. The highest BCUT2D eigenvalue weighted by atomic mass is 35.5. The van der Waals surface area contributed by atoms with E-state index in [1.165, 1.54) is 5.57 Å². The molecule has 2 aromatic carbocycles. The fourth-order valence-corrected chi connectivity index (χ4v) is 4.23. The van der Waals surface area contributed by atoms with Gasteiger partial charge in [-0.1, -0.05) is 36.7 Å². The van der Waals surface area contributed by atoms with Crippen LogP contribution < -0.4 is 15.1 Å². The summed E-state index contributed by atoms with van der Waals surface area (Å²) >= 11 is 6.58. The van der Waals surface area contributed by atoms with Crippen LogP contribution in [0.15, 0.2) is 47.6 Å². The zero-order valence-corrected chi connectivity index (χ0v) is 19.6. The van der Waals surface area contributed by atoms with E-state index < -0.39 is 0 Å². The lowest BCUT2D eigenvalue weighted by atomic mass is 9.88. The molecule has 3 rings (SSSR count). The van der Waals surface area contributed by atoms with E-state index in [2.05, 4.69) is 49.2 Å². The van der Waals surface area contributed by atoms with Crippen molar-refractivity contribution in [3.05, 3.63) is 64.2 Å². The van der Waals surface area contributed by atoms with Crippen LogP contribution in [0.4, 0.5) is 5.69 Å². The van der Waals surface area contributed by atoms with Crippen molar-refractivity contribution < 1.29 is 9.53 Å². The van der Waals surface area contributed by atoms with E-state index in [1.807, 2.05) is 36.4 Å². The van der Waals surface area contributed by atoms with Gasteiger partial charge in [0.15, 0.2) is 0 Å². The van der Waals surface area contributed by atoms with E-state index in [-0.39, 0.29) is 17.9 Å². The number of fused-ring (bicyclic) bond motifs is 1. The highest BCUT2D eigenvalue weighted by Gasteiger charge is 2.31. The minimum atomic E-state index is -0.203. The quantitative estimate of drug-likeness (QED) is 0.460. The standard InChI is InChI=1S/C25H30ClN3O2/c1-6-10-29-23-14-22(26)19(13-21(23)17(2)15-25(29,3)4)16-27-28-24(30)12-18-8-7-9-20(11-18)31-5/h7-9,11,13-16H,6,10,12H2,1-5H3,(H,28,30)/b27-16+. The molecule has 0 spiro atoms. The number of rotatable bonds is 7. The molecule has 0 aliphatic carbocycles. The number of hydrogen-bond donors (Lipinski definition) is 1. The summed E-state index contributed by atoms with van der Waals surface area (Å²) < 4.78 is 5.19. The third kappa shape index (κ3) is 5.28. The minimum absolute atomic E-state index is 0.0693. The van der Waals surface area contributed by atoms with E-state index in [0.717, 1.165) is 41.1 Å². The average Bonchev–Trinajstić information content (AvgIpc) is 2.71.